The first-order valence-corrected chi connectivity index (χ1v) is 8.26. The second-order valence-electron chi connectivity index (χ2n) is 6.65. The Hall–Kier alpha value is -2.22. The summed E-state index contributed by atoms with van der Waals surface area (Å²) in [4.78, 5) is 36.0. The lowest BCUT2D eigenvalue weighted by atomic mass is 9.81. The molecule has 25 heavy (non-hydrogen) atoms. The predicted octanol–water partition coefficient (Wildman–Crippen LogP) is 2.64. The molecule has 1 aromatic carbocycles. The number of nitro benzene ring substituents is 1. The van der Waals surface area contributed by atoms with E-state index in [0.717, 1.165) is 25.0 Å². The van der Waals surface area contributed by atoms with Crippen LogP contribution < -0.4 is 0 Å². The maximum absolute atomic E-state index is 13.6. The molecule has 1 aliphatic carbocycles. The molecule has 1 saturated carbocycles. The van der Waals surface area contributed by atoms with Gasteiger partial charge in [0.05, 0.1) is 21.8 Å². The molecule has 1 amide bonds. The molecule has 3 rings (SSSR count). The van der Waals surface area contributed by atoms with Gasteiger partial charge in [0, 0.05) is 24.7 Å². The number of carbonyl (C=O) groups is 2. The van der Waals surface area contributed by atoms with Crippen LogP contribution in [0.15, 0.2) is 12.1 Å². The quantitative estimate of drug-likeness (QED) is 0.648. The number of carboxylic acids is 1. The summed E-state index contributed by atoms with van der Waals surface area (Å²) in [6, 6.07) is 1.78. The van der Waals surface area contributed by atoms with Gasteiger partial charge in [0.1, 0.15) is 5.82 Å². The Labute approximate surface area is 147 Å². The summed E-state index contributed by atoms with van der Waals surface area (Å²) < 4.78 is 13.6. The number of hydrogen-bond donors (Lipinski definition) is 1. The third kappa shape index (κ3) is 2.95. The van der Waals surface area contributed by atoms with Gasteiger partial charge in [-0.2, -0.15) is 0 Å². The van der Waals surface area contributed by atoms with Crippen LogP contribution in [0, 0.1) is 27.3 Å². The summed E-state index contributed by atoms with van der Waals surface area (Å²) in [5.74, 6) is -2.30. The number of halogens is 2. The highest BCUT2D eigenvalue weighted by Crippen LogP contribution is 2.49. The number of likely N-dealkylation sites (tertiary alicyclic amines) is 1. The molecule has 7 nitrogen and oxygen atoms in total. The van der Waals surface area contributed by atoms with Gasteiger partial charge in [0.2, 0.25) is 5.91 Å². The van der Waals surface area contributed by atoms with Crippen molar-refractivity contribution in [1.29, 1.82) is 0 Å². The van der Waals surface area contributed by atoms with Gasteiger partial charge < -0.3 is 10.0 Å². The van der Waals surface area contributed by atoms with Crippen molar-refractivity contribution in [2.75, 3.05) is 13.1 Å². The topological polar surface area (TPSA) is 101 Å². The van der Waals surface area contributed by atoms with Crippen molar-refractivity contribution in [2.45, 2.75) is 25.7 Å². The molecule has 9 heteroatoms. The Morgan fingerprint density at radius 2 is 2.20 bits per heavy atom. The summed E-state index contributed by atoms with van der Waals surface area (Å²) in [6.45, 7) is 0.407. The van der Waals surface area contributed by atoms with E-state index in [1.807, 2.05) is 0 Å². The molecule has 0 bridgehead atoms. The SMILES string of the molecule is O=C(Cc1cc(F)c(Cl)cc1[N+](=O)[O-])N1C[C@@H]2CCC[C@@]2(C(=O)O)C1. The highest BCUT2D eigenvalue weighted by Gasteiger charge is 2.55. The Morgan fingerprint density at radius 3 is 2.80 bits per heavy atom. The van der Waals surface area contributed by atoms with Gasteiger partial charge in [-0.3, -0.25) is 19.7 Å². The van der Waals surface area contributed by atoms with E-state index in [2.05, 4.69) is 0 Å². The summed E-state index contributed by atoms with van der Waals surface area (Å²) in [5, 5.41) is 20.3. The second kappa shape index (κ2) is 6.25. The average Bonchev–Trinajstić information content (AvgIpc) is 3.08. The number of carboxylic acid groups (broad SMARTS) is 1. The molecule has 2 atom stereocenters. The lowest BCUT2D eigenvalue weighted by Crippen LogP contribution is -2.37. The summed E-state index contributed by atoms with van der Waals surface area (Å²) in [5.41, 5.74) is -1.42. The van der Waals surface area contributed by atoms with Crippen molar-refractivity contribution in [2.24, 2.45) is 11.3 Å². The first-order valence-electron chi connectivity index (χ1n) is 7.88. The van der Waals surface area contributed by atoms with E-state index in [1.165, 1.54) is 4.90 Å². The zero-order chi connectivity index (χ0) is 18.4. The highest BCUT2D eigenvalue weighted by atomic mass is 35.5. The summed E-state index contributed by atoms with van der Waals surface area (Å²) >= 11 is 5.57. The first-order chi connectivity index (χ1) is 11.7. The number of rotatable bonds is 4. The number of aliphatic carboxylic acids is 1. The van der Waals surface area contributed by atoms with Crippen LogP contribution in [0.4, 0.5) is 10.1 Å². The average molecular weight is 371 g/mol. The molecule has 1 heterocycles. The maximum atomic E-state index is 13.6. The number of nitro groups is 1. The van der Waals surface area contributed by atoms with Crippen molar-refractivity contribution < 1.29 is 24.0 Å². The Morgan fingerprint density at radius 1 is 1.48 bits per heavy atom. The number of fused-ring (bicyclic) bond motifs is 1. The van der Waals surface area contributed by atoms with Crippen LogP contribution in [0.1, 0.15) is 24.8 Å². The molecular weight excluding hydrogens is 355 g/mol. The number of hydrogen-bond acceptors (Lipinski definition) is 4. The molecule has 1 saturated heterocycles. The molecule has 0 unspecified atom stereocenters. The van der Waals surface area contributed by atoms with Gasteiger partial charge >= 0.3 is 5.97 Å². The van der Waals surface area contributed by atoms with Crippen molar-refractivity contribution >= 4 is 29.2 Å². The zero-order valence-electron chi connectivity index (χ0n) is 13.2. The number of nitrogens with zero attached hydrogens (tertiary/aromatic N) is 2. The lowest BCUT2D eigenvalue weighted by Gasteiger charge is -2.23. The monoisotopic (exact) mass is 370 g/mol. The smallest absolute Gasteiger partial charge is 0.311 e. The lowest BCUT2D eigenvalue weighted by molar-refractivity contribution is -0.385. The van der Waals surface area contributed by atoms with E-state index < -0.39 is 33.7 Å². The van der Waals surface area contributed by atoms with Crippen LogP contribution in [0.2, 0.25) is 5.02 Å². The molecule has 0 radical (unpaired) electrons. The fraction of sp³-hybridized carbons (Fsp3) is 0.500. The van der Waals surface area contributed by atoms with Gasteiger partial charge in [-0.1, -0.05) is 18.0 Å². The van der Waals surface area contributed by atoms with E-state index in [0.29, 0.717) is 13.0 Å². The fourth-order valence-corrected chi connectivity index (χ4v) is 4.15. The molecule has 1 aromatic rings. The largest absolute Gasteiger partial charge is 0.481 e. The number of benzene rings is 1. The van der Waals surface area contributed by atoms with Crippen LogP contribution in [0.5, 0.6) is 0 Å². The molecule has 1 aliphatic heterocycles. The zero-order valence-corrected chi connectivity index (χ0v) is 14.0. The third-order valence-electron chi connectivity index (χ3n) is 5.31. The molecule has 1 N–H and O–H groups in total. The normalized spacial score (nSPS) is 25.0. The second-order valence-corrected chi connectivity index (χ2v) is 7.06. The van der Waals surface area contributed by atoms with E-state index in [9.17, 15) is 29.2 Å². The van der Waals surface area contributed by atoms with Gasteiger partial charge in [0.25, 0.3) is 5.69 Å². The highest BCUT2D eigenvalue weighted by molar-refractivity contribution is 6.31. The van der Waals surface area contributed by atoms with Crippen LogP contribution in [-0.2, 0) is 16.0 Å². The molecule has 134 valence electrons. The fourth-order valence-electron chi connectivity index (χ4n) is 3.99. The van der Waals surface area contributed by atoms with Crippen molar-refractivity contribution in [3.63, 3.8) is 0 Å². The minimum absolute atomic E-state index is 0.0710. The first kappa shape index (κ1) is 17.6. The van der Waals surface area contributed by atoms with Gasteiger partial charge in [-0.05, 0) is 24.8 Å². The van der Waals surface area contributed by atoms with Crippen molar-refractivity contribution in [3.8, 4) is 0 Å². The predicted molar refractivity (Wildman–Crippen MR) is 85.8 cm³/mol. The van der Waals surface area contributed by atoms with Crippen LogP contribution in [0.3, 0.4) is 0 Å². The molecule has 2 aliphatic rings. The minimum Gasteiger partial charge on any atom is -0.481 e. The third-order valence-corrected chi connectivity index (χ3v) is 5.60. The van der Waals surface area contributed by atoms with Crippen LogP contribution in [0.25, 0.3) is 0 Å². The van der Waals surface area contributed by atoms with E-state index in [4.69, 9.17) is 11.6 Å². The van der Waals surface area contributed by atoms with E-state index in [1.54, 1.807) is 0 Å². The summed E-state index contributed by atoms with van der Waals surface area (Å²) in [7, 11) is 0. The molecule has 0 spiro atoms. The van der Waals surface area contributed by atoms with Crippen molar-refractivity contribution in [3.05, 3.63) is 38.7 Å². The van der Waals surface area contributed by atoms with Gasteiger partial charge in [0.15, 0.2) is 0 Å². The molecule has 2 fully saturated rings. The summed E-state index contributed by atoms with van der Waals surface area (Å²) in [6.07, 6.45) is 1.71. The Balaban J connectivity index is 1.81. The van der Waals surface area contributed by atoms with E-state index in [-0.39, 0.29) is 29.5 Å². The Kier molecular flexibility index (Phi) is 4.40. The number of carbonyl (C=O) groups excluding carboxylic acids is 1. The van der Waals surface area contributed by atoms with Gasteiger partial charge in [-0.25, -0.2) is 4.39 Å². The van der Waals surface area contributed by atoms with E-state index >= 15 is 0 Å². The van der Waals surface area contributed by atoms with Gasteiger partial charge in [-0.15, -0.1) is 0 Å². The minimum atomic E-state index is -0.924. The van der Waals surface area contributed by atoms with Crippen LogP contribution in [-0.4, -0.2) is 39.9 Å². The van der Waals surface area contributed by atoms with Crippen molar-refractivity contribution in [1.82, 2.24) is 4.90 Å². The number of amides is 1. The standard InChI is InChI=1S/C16H16ClFN2O5/c17-11-6-13(20(24)25)9(4-12(11)18)5-14(21)19-7-10-2-1-3-16(10,8-19)15(22)23/h4,6,10H,1-3,5,7-8H2,(H,22,23)/t10-,16+/m0/s1. The van der Waals surface area contributed by atoms with Crippen LogP contribution >= 0.6 is 11.6 Å². The Bertz CT molecular complexity index is 771. The maximum Gasteiger partial charge on any atom is 0.311 e. The molecule has 0 aromatic heterocycles. The molecular formula is C16H16ClFN2O5.